The first-order valence-corrected chi connectivity index (χ1v) is 8.79. The second-order valence-electron chi connectivity index (χ2n) is 8.76. The molecule has 8 nitrogen and oxygen atoms in total. The Morgan fingerprint density at radius 1 is 0.857 bits per heavy atom. The van der Waals surface area contributed by atoms with Gasteiger partial charge in [-0.15, -0.1) is 0 Å². The first-order valence-electron chi connectivity index (χ1n) is 8.79. The first kappa shape index (κ1) is 21.1. The predicted molar refractivity (Wildman–Crippen MR) is 109 cm³/mol. The average molecular weight is 387 g/mol. The van der Waals surface area contributed by atoms with Crippen LogP contribution in [0.5, 0.6) is 5.75 Å². The van der Waals surface area contributed by atoms with Crippen molar-refractivity contribution in [1.29, 1.82) is 0 Å². The summed E-state index contributed by atoms with van der Waals surface area (Å²) in [5, 5.41) is 36.1. The number of nitrogens with one attached hydrogen (secondary N) is 1. The van der Waals surface area contributed by atoms with Crippen molar-refractivity contribution in [2.75, 3.05) is 5.32 Å². The largest absolute Gasteiger partial charge is 0.507 e. The number of non-ortho nitro benzene ring substituents is 1. The normalized spacial score (nSPS) is 11.9. The number of anilines is 2. The molecule has 0 saturated carbocycles. The Kier molecular flexibility index (Phi) is 5.36. The number of hydrogen-bond donors (Lipinski definition) is 2. The van der Waals surface area contributed by atoms with Gasteiger partial charge in [0, 0.05) is 22.9 Å². The van der Waals surface area contributed by atoms with Crippen LogP contribution in [0, 0.1) is 20.2 Å². The van der Waals surface area contributed by atoms with E-state index in [0.29, 0.717) is 16.8 Å². The molecule has 2 N–H and O–H groups in total. The van der Waals surface area contributed by atoms with E-state index in [1.807, 2.05) is 41.5 Å². The number of hydrogen-bond acceptors (Lipinski definition) is 6. The molecule has 0 aromatic heterocycles. The number of nitrogens with zero attached hydrogens (tertiary/aromatic N) is 2. The Bertz CT molecular complexity index is 905. The minimum atomic E-state index is -0.674. The maximum atomic E-state index is 11.4. The Balaban J connectivity index is 2.64. The fourth-order valence-electron chi connectivity index (χ4n) is 2.90. The van der Waals surface area contributed by atoms with E-state index in [0.717, 1.165) is 6.07 Å². The van der Waals surface area contributed by atoms with Gasteiger partial charge in [-0.2, -0.15) is 0 Å². The van der Waals surface area contributed by atoms with Gasteiger partial charge in [-0.05, 0) is 29.0 Å². The van der Waals surface area contributed by atoms with E-state index in [9.17, 15) is 25.3 Å². The average Bonchev–Trinajstić information content (AvgIpc) is 2.54. The molecule has 0 amide bonds. The van der Waals surface area contributed by atoms with Crippen LogP contribution in [0.1, 0.15) is 52.7 Å². The van der Waals surface area contributed by atoms with Crippen LogP contribution >= 0.6 is 0 Å². The number of rotatable bonds is 4. The van der Waals surface area contributed by atoms with E-state index in [-0.39, 0.29) is 28.0 Å². The SMILES string of the molecule is CC(C)(C)c1cc(Nc2ccc([N+](=O)[O-])cc2[N+](=O)[O-])cc(C(C)(C)C)c1O. The first-order chi connectivity index (χ1) is 12.7. The second kappa shape index (κ2) is 7.10. The van der Waals surface area contributed by atoms with Gasteiger partial charge < -0.3 is 10.4 Å². The lowest BCUT2D eigenvalue weighted by molar-refractivity contribution is -0.393. The highest BCUT2D eigenvalue weighted by Crippen LogP contribution is 2.42. The van der Waals surface area contributed by atoms with Crippen molar-refractivity contribution in [3.63, 3.8) is 0 Å². The minimum absolute atomic E-state index is 0.140. The molecule has 2 aromatic rings. The molecule has 0 spiro atoms. The number of nitro benzene ring substituents is 2. The molecule has 0 heterocycles. The third-order valence-corrected chi connectivity index (χ3v) is 4.39. The highest BCUT2D eigenvalue weighted by atomic mass is 16.6. The van der Waals surface area contributed by atoms with Crippen LogP contribution in [0.15, 0.2) is 30.3 Å². The van der Waals surface area contributed by atoms with E-state index < -0.39 is 15.5 Å². The Morgan fingerprint density at radius 3 is 1.75 bits per heavy atom. The number of phenols is 1. The monoisotopic (exact) mass is 387 g/mol. The predicted octanol–water partition coefficient (Wildman–Crippen LogP) is 5.55. The highest BCUT2D eigenvalue weighted by molar-refractivity contribution is 5.73. The summed E-state index contributed by atoms with van der Waals surface area (Å²) in [7, 11) is 0. The Morgan fingerprint density at radius 2 is 1.36 bits per heavy atom. The van der Waals surface area contributed by atoms with Crippen molar-refractivity contribution >= 4 is 22.7 Å². The fourth-order valence-corrected chi connectivity index (χ4v) is 2.90. The zero-order chi connectivity index (χ0) is 21.4. The van der Waals surface area contributed by atoms with E-state index in [1.54, 1.807) is 12.1 Å². The lowest BCUT2D eigenvalue weighted by Gasteiger charge is -2.28. The lowest BCUT2D eigenvalue weighted by Crippen LogP contribution is -2.17. The summed E-state index contributed by atoms with van der Waals surface area (Å²) in [5.41, 5.74) is 0.641. The van der Waals surface area contributed by atoms with E-state index in [2.05, 4.69) is 5.32 Å². The summed E-state index contributed by atoms with van der Waals surface area (Å²) in [5.74, 6) is 0.198. The molecule has 0 saturated heterocycles. The van der Waals surface area contributed by atoms with Gasteiger partial charge in [0.1, 0.15) is 11.4 Å². The molecule has 2 rings (SSSR count). The molecule has 28 heavy (non-hydrogen) atoms. The van der Waals surface area contributed by atoms with Crippen LogP contribution in [0.2, 0.25) is 0 Å². The summed E-state index contributed by atoms with van der Waals surface area (Å²) in [6, 6.07) is 6.95. The summed E-state index contributed by atoms with van der Waals surface area (Å²) >= 11 is 0. The maximum Gasteiger partial charge on any atom is 0.299 e. The molecule has 8 heteroatoms. The van der Waals surface area contributed by atoms with Gasteiger partial charge in [0.2, 0.25) is 0 Å². The topological polar surface area (TPSA) is 119 Å². The van der Waals surface area contributed by atoms with Crippen LogP contribution in [-0.2, 0) is 10.8 Å². The molecular weight excluding hydrogens is 362 g/mol. The van der Waals surface area contributed by atoms with Crippen molar-refractivity contribution in [1.82, 2.24) is 0 Å². The second-order valence-corrected chi connectivity index (χ2v) is 8.76. The quantitative estimate of drug-likeness (QED) is 0.403. The van der Waals surface area contributed by atoms with Gasteiger partial charge in [-0.3, -0.25) is 20.2 Å². The Labute approximate surface area is 163 Å². The summed E-state index contributed by atoms with van der Waals surface area (Å²) in [4.78, 5) is 21.0. The van der Waals surface area contributed by atoms with Crippen molar-refractivity contribution in [2.24, 2.45) is 0 Å². The van der Waals surface area contributed by atoms with Crippen molar-refractivity contribution in [2.45, 2.75) is 52.4 Å². The van der Waals surface area contributed by atoms with Gasteiger partial charge in [0.15, 0.2) is 0 Å². The van der Waals surface area contributed by atoms with Gasteiger partial charge >= 0.3 is 0 Å². The van der Waals surface area contributed by atoms with Crippen LogP contribution in [0.25, 0.3) is 0 Å². The molecule has 0 fully saturated rings. The smallest absolute Gasteiger partial charge is 0.299 e. The molecule has 0 radical (unpaired) electrons. The molecule has 0 aliphatic rings. The van der Waals surface area contributed by atoms with Crippen molar-refractivity contribution < 1.29 is 15.0 Å². The molecule has 0 aliphatic heterocycles. The third kappa shape index (κ3) is 4.39. The standard InChI is InChI=1S/C20H25N3O5/c1-19(2,3)14-9-12(10-15(18(14)24)20(4,5)6)21-16-8-7-13(22(25)26)11-17(16)23(27)28/h7-11,21,24H,1-6H3. The number of benzene rings is 2. The van der Waals surface area contributed by atoms with Crippen LogP contribution in [-0.4, -0.2) is 15.0 Å². The third-order valence-electron chi connectivity index (χ3n) is 4.39. The Hall–Kier alpha value is -3.16. The van der Waals surface area contributed by atoms with Gasteiger partial charge in [0.25, 0.3) is 11.4 Å². The van der Waals surface area contributed by atoms with Crippen molar-refractivity contribution in [3.05, 3.63) is 61.7 Å². The summed E-state index contributed by atoms with van der Waals surface area (Å²) < 4.78 is 0. The zero-order valence-electron chi connectivity index (χ0n) is 16.9. The molecule has 0 atom stereocenters. The number of phenolic OH excluding ortho intramolecular Hbond substituents is 1. The van der Waals surface area contributed by atoms with Crippen LogP contribution in [0.3, 0.4) is 0 Å². The number of nitro groups is 2. The molecule has 0 bridgehead atoms. The van der Waals surface area contributed by atoms with Gasteiger partial charge in [-0.25, -0.2) is 0 Å². The minimum Gasteiger partial charge on any atom is -0.507 e. The molecule has 0 aliphatic carbocycles. The summed E-state index contributed by atoms with van der Waals surface area (Å²) in [6.45, 7) is 11.8. The summed E-state index contributed by atoms with van der Waals surface area (Å²) in [6.07, 6.45) is 0. The molecular formula is C20H25N3O5. The van der Waals surface area contributed by atoms with Gasteiger partial charge in [0.05, 0.1) is 15.9 Å². The van der Waals surface area contributed by atoms with E-state index in [1.165, 1.54) is 12.1 Å². The fraction of sp³-hybridized carbons (Fsp3) is 0.400. The van der Waals surface area contributed by atoms with Gasteiger partial charge in [-0.1, -0.05) is 41.5 Å². The number of aromatic hydroxyl groups is 1. The molecule has 2 aromatic carbocycles. The molecule has 150 valence electrons. The highest BCUT2D eigenvalue weighted by Gasteiger charge is 2.27. The molecule has 0 unspecified atom stereocenters. The maximum absolute atomic E-state index is 11.4. The zero-order valence-corrected chi connectivity index (χ0v) is 16.9. The van der Waals surface area contributed by atoms with E-state index >= 15 is 0 Å². The lowest BCUT2D eigenvalue weighted by atomic mass is 9.79. The van der Waals surface area contributed by atoms with E-state index in [4.69, 9.17) is 0 Å². The van der Waals surface area contributed by atoms with Crippen LogP contribution in [0.4, 0.5) is 22.7 Å². The van der Waals surface area contributed by atoms with Crippen LogP contribution < -0.4 is 5.32 Å². The van der Waals surface area contributed by atoms with Crippen molar-refractivity contribution in [3.8, 4) is 5.75 Å².